The molecule has 0 amide bonds. The Kier molecular flexibility index (Phi) is 3.61. The van der Waals surface area contributed by atoms with E-state index in [9.17, 15) is 14.7 Å². The predicted molar refractivity (Wildman–Crippen MR) is 62.9 cm³/mol. The molecule has 2 atom stereocenters. The summed E-state index contributed by atoms with van der Waals surface area (Å²) in [6.45, 7) is 4.94. The first-order valence-corrected chi connectivity index (χ1v) is 6.51. The molecule has 102 valence electrons. The molecule has 2 rings (SSSR count). The van der Waals surface area contributed by atoms with Crippen LogP contribution in [0.3, 0.4) is 0 Å². The van der Waals surface area contributed by atoms with Crippen LogP contribution in [0, 0.1) is 17.8 Å². The molecule has 2 fully saturated rings. The van der Waals surface area contributed by atoms with Gasteiger partial charge in [0.25, 0.3) is 0 Å². The molecule has 5 heteroatoms. The fourth-order valence-electron chi connectivity index (χ4n) is 2.93. The van der Waals surface area contributed by atoms with Crippen molar-refractivity contribution in [2.45, 2.75) is 38.7 Å². The topological polar surface area (TPSA) is 72.8 Å². The van der Waals surface area contributed by atoms with Gasteiger partial charge >= 0.3 is 11.9 Å². The molecular weight excluding hydrogens is 236 g/mol. The van der Waals surface area contributed by atoms with Crippen LogP contribution >= 0.6 is 0 Å². The van der Waals surface area contributed by atoms with Crippen molar-refractivity contribution in [3.05, 3.63) is 0 Å². The van der Waals surface area contributed by atoms with Gasteiger partial charge < -0.3 is 14.6 Å². The number of carbonyl (C=O) groups excluding carboxylic acids is 1. The maximum atomic E-state index is 11.9. The SMILES string of the molecule is CC(C)C1CC(C(=O)O)(C2CCOCC2)OC1=O. The van der Waals surface area contributed by atoms with Crippen LogP contribution in [0.2, 0.25) is 0 Å². The first kappa shape index (κ1) is 13.3. The zero-order valence-electron chi connectivity index (χ0n) is 10.8. The van der Waals surface area contributed by atoms with Gasteiger partial charge in [0.2, 0.25) is 5.60 Å². The van der Waals surface area contributed by atoms with E-state index in [2.05, 4.69) is 0 Å². The molecule has 2 heterocycles. The summed E-state index contributed by atoms with van der Waals surface area (Å²) >= 11 is 0. The predicted octanol–water partition coefficient (Wildman–Crippen LogP) is 1.46. The Balaban J connectivity index is 2.23. The summed E-state index contributed by atoms with van der Waals surface area (Å²) in [5, 5.41) is 9.52. The van der Waals surface area contributed by atoms with Crippen molar-refractivity contribution in [2.75, 3.05) is 13.2 Å². The van der Waals surface area contributed by atoms with Crippen molar-refractivity contribution >= 4 is 11.9 Å². The van der Waals surface area contributed by atoms with Crippen LogP contribution in [0.15, 0.2) is 0 Å². The van der Waals surface area contributed by atoms with E-state index < -0.39 is 11.6 Å². The minimum Gasteiger partial charge on any atom is -0.478 e. The summed E-state index contributed by atoms with van der Waals surface area (Å²) in [5.41, 5.74) is -1.32. The van der Waals surface area contributed by atoms with Crippen LogP contribution in [0.5, 0.6) is 0 Å². The molecule has 0 aliphatic carbocycles. The van der Waals surface area contributed by atoms with E-state index in [1.165, 1.54) is 0 Å². The Morgan fingerprint density at radius 2 is 2.00 bits per heavy atom. The van der Waals surface area contributed by atoms with Crippen LogP contribution in [0.1, 0.15) is 33.1 Å². The highest BCUT2D eigenvalue weighted by atomic mass is 16.6. The number of carboxylic acid groups (broad SMARTS) is 1. The Bertz CT molecular complexity index is 345. The summed E-state index contributed by atoms with van der Waals surface area (Å²) in [7, 11) is 0. The molecule has 18 heavy (non-hydrogen) atoms. The summed E-state index contributed by atoms with van der Waals surface area (Å²) in [6, 6.07) is 0. The van der Waals surface area contributed by atoms with Gasteiger partial charge in [0.05, 0.1) is 5.92 Å². The normalized spacial score (nSPS) is 33.7. The number of aliphatic carboxylic acids is 1. The Morgan fingerprint density at radius 3 is 2.44 bits per heavy atom. The highest BCUT2D eigenvalue weighted by molar-refractivity contribution is 5.87. The highest BCUT2D eigenvalue weighted by Gasteiger charge is 2.57. The van der Waals surface area contributed by atoms with Crippen LogP contribution in [-0.4, -0.2) is 35.9 Å². The van der Waals surface area contributed by atoms with E-state index in [1.54, 1.807) is 0 Å². The summed E-state index contributed by atoms with van der Waals surface area (Å²) in [4.78, 5) is 23.5. The van der Waals surface area contributed by atoms with Gasteiger partial charge in [-0.1, -0.05) is 13.8 Å². The van der Waals surface area contributed by atoms with Crippen LogP contribution in [0.4, 0.5) is 0 Å². The minimum atomic E-state index is -1.32. The van der Waals surface area contributed by atoms with Crippen molar-refractivity contribution in [1.82, 2.24) is 0 Å². The second-order valence-corrected chi connectivity index (χ2v) is 5.56. The lowest BCUT2D eigenvalue weighted by Gasteiger charge is -2.34. The Morgan fingerprint density at radius 1 is 1.39 bits per heavy atom. The average Bonchev–Trinajstić information content (AvgIpc) is 2.70. The molecule has 0 saturated carbocycles. The molecule has 0 bridgehead atoms. The zero-order chi connectivity index (χ0) is 13.3. The van der Waals surface area contributed by atoms with E-state index in [0.29, 0.717) is 32.5 Å². The van der Waals surface area contributed by atoms with Gasteiger partial charge in [-0.25, -0.2) is 4.79 Å². The third kappa shape index (κ3) is 2.11. The lowest BCUT2D eigenvalue weighted by molar-refractivity contribution is -0.179. The number of carboxylic acids is 1. The van der Waals surface area contributed by atoms with Crippen LogP contribution in [-0.2, 0) is 19.1 Å². The van der Waals surface area contributed by atoms with Gasteiger partial charge in [-0.3, -0.25) is 4.79 Å². The zero-order valence-corrected chi connectivity index (χ0v) is 10.8. The number of carbonyl (C=O) groups is 2. The van der Waals surface area contributed by atoms with Gasteiger partial charge in [0.15, 0.2) is 0 Å². The lowest BCUT2D eigenvalue weighted by Crippen LogP contribution is -2.48. The Hall–Kier alpha value is -1.10. The molecule has 0 radical (unpaired) electrons. The quantitative estimate of drug-likeness (QED) is 0.774. The molecule has 0 aromatic heterocycles. The largest absolute Gasteiger partial charge is 0.478 e. The van der Waals surface area contributed by atoms with E-state index in [-0.39, 0.29) is 23.7 Å². The second-order valence-electron chi connectivity index (χ2n) is 5.56. The number of hydrogen-bond donors (Lipinski definition) is 1. The van der Waals surface area contributed by atoms with Gasteiger partial charge in [-0.15, -0.1) is 0 Å². The molecule has 2 aliphatic heterocycles. The third-order valence-corrected chi connectivity index (χ3v) is 4.16. The molecule has 1 N–H and O–H groups in total. The van der Waals surface area contributed by atoms with E-state index in [0.717, 1.165) is 0 Å². The van der Waals surface area contributed by atoms with Gasteiger partial charge in [-0.05, 0) is 18.8 Å². The van der Waals surface area contributed by atoms with Gasteiger partial charge in [-0.2, -0.15) is 0 Å². The number of rotatable bonds is 3. The van der Waals surface area contributed by atoms with Crippen molar-refractivity contribution in [3.8, 4) is 0 Å². The molecule has 5 nitrogen and oxygen atoms in total. The highest BCUT2D eigenvalue weighted by Crippen LogP contribution is 2.43. The molecular formula is C13H20O5. The Labute approximate surface area is 106 Å². The smallest absolute Gasteiger partial charge is 0.348 e. The van der Waals surface area contributed by atoms with Gasteiger partial charge in [0, 0.05) is 25.6 Å². The fraction of sp³-hybridized carbons (Fsp3) is 0.846. The number of ether oxygens (including phenoxy) is 2. The minimum absolute atomic E-state index is 0.110. The summed E-state index contributed by atoms with van der Waals surface area (Å²) < 4.78 is 10.6. The van der Waals surface area contributed by atoms with Crippen molar-refractivity contribution in [3.63, 3.8) is 0 Å². The first-order chi connectivity index (χ1) is 8.47. The summed E-state index contributed by atoms with van der Waals surface area (Å²) in [6.07, 6.45) is 1.58. The van der Waals surface area contributed by atoms with E-state index >= 15 is 0 Å². The second kappa shape index (κ2) is 4.88. The molecule has 0 spiro atoms. The third-order valence-electron chi connectivity index (χ3n) is 4.16. The molecule has 2 aliphatic rings. The fourth-order valence-corrected chi connectivity index (χ4v) is 2.93. The van der Waals surface area contributed by atoms with Crippen LogP contribution in [0.25, 0.3) is 0 Å². The lowest BCUT2D eigenvalue weighted by atomic mass is 9.76. The van der Waals surface area contributed by atoms with Crippen molar-refractivity contribution in [1.29, 1.82) is 0 Å². The van der Waals surface area contributed by atoms with Crippen molar-refractivity contribution in [2.24, 2.45) is 17.8 Å². The van der Waals surface area contributed by atoms with Crippen LogP contribution < -0.4 is 0 Å². The molecule has 0 aromatic rings. The number of hydrogen-bond acceptors (Lipinski definition) is 4. The van der Waals surface area contributed by atoms with Gasteiger partial charge in [0.1, 0.15) is 0 Å². The number of esters is 1. The average molecular weight is 256 g/mol. The van der Waals surface area contributed by atoms with E-state index in [1.807, 2.05) is 13.8 Å². The molecule has 2 saturated heterocycles. The first-order valence-electron chi connectivity index (χ1n) is 6.51. The standard InChI is InChI=1S/C13H20O5/c1-8(2)10-7-13(12(15)16,18-11(10)14)9-3-5-17-6-4-9/h8-10H,3-7H2,1-2H3,(H,15,16). The van der Waals surface area contributed by atoms with E-state index in [4.69, 9.17) is 9.47 Å². The number of cyclic esters (lactones) is 1. The molecule has 2 unspecified atom stereocenters. The maximum Gasteiger partial charge on any atom is 0.348 e. The monoisotopic (exact) mass is 256 g/mol. The van der Waals surface area contributed by atoms with Crippen molar-refractivity contribution < 1.29 is 24.2 Å². The molecule has 0 aromatic carbocycles. The maximum absolute atomic E-state index is 11.9. The summed E-state index contributed by atoms with van der Waals surface area (Å²) in [5.74, 6) is -1.69.